The van der Waals surface area contributed by atoms with Crippen molar-refractivity contribution in [2.75, 3.05) is 38.7 Å². The first kappa shape index (κ1) is 24.5. The van der Waals surface area contributed by atoms with Crippen molar-refractivity contribution in [1.82, 2.24) is 9.21 Å². The van der Waals surface area contributed by atoms with Gasteiger partial charge in [-0.2, -0.15) is 4.31 Å². The van der Waals surface area contributed by atoms with Gasteiger partial charge in [-0.1, -0.05) is 24.6 Å². The average molecular weight is 486 g/mol. The number of amides is 1. The molecule has 0 aromatic heterocycles. The first-order valence-electron chi connectivity index (χ1n) is 12.1. The molecule has 0 saturated carbocycles. The van der Waals surface area contributed by atoms with E-state index in [0.717, 1.165) is 43.6 Å². The van der Waals surface area contributed by atoms with Crippen molar-refractivity contribution < 1.29 is 17.9 Å². The zero-order valence-corrected chi connectivity index (χ0v) is 21.2. The number of rotatable bonds is 7. The van der Waals surface area contributed by atoms with Crippen molar-refractivity contribution in [3.05, 3.63) is 53.6 Å². The summed E-state index contributed by atoms with van der Waals surface area (Å²) >= 11 is 0. The van der Waals surface area contributed by atoms with Crippen molar-refractivity contribution in [3.8, 4) is 5.75 Å². The fraction of sp³-hybridized carbons (Fsp3) is 0.500. The third kappa shape index (κ3) is 4.93. The van der Waals surface area contributed by atoms with Gasteiger partial charge in [0.25, 0.3) is 5.91 Å². The van der Waals surface area contributed by atoms with E-state index in [4.69, 9.17) is 4.74 Å². The molecule has 0 radical (unpaired) electrons. The highest BCUT2D eigenvalue weighted by molar-refractivity contribution is 7.89. The maximum Gasteiger partial charge on any atom is 0.253 e. The molecule has 2 aromatic rings. The molecule has 2 aliphatic heterocycles. The van der Waals surface area contributed by atoms with Crippen LogP contribution < -0.4 is 9.64 Å². The van der Waals surface area contributed by atoms with Crippen LogP contribution in [0.25, 0.3) is 0 Å². The van der Waals surface area contributed by atoms with Gasteiger partial charge >= 0.3 is 0 Å². The van der Waals surface area contributed by atoms with Crippen LogP contribution in [0.2, 0.25) is 0 Å². The lowest BCUT2D eigenvalue weighted by atomic mass is 10.1. The summed E-state index contributed by atoms with van der Waals surface area (Å²) in [7, 11) is -0.568. The largest absolute Gasteiger partial charge is 0.495 e. The lowest BCUT2D eigenvalue weighted by molar-refractivity contribution is 0.0785. The van der Waals surface area contributed by atoms with Crippen LogP contribution in [0.1, 0.15) is 54.9 Å². The van der Waals surface area contributed by atoms with E-state index < -0.39 is 10.0 Å². The molecule has 2 aliphatic rings. The fourth-order valence-corrected chi connectivity index (χ4v) is 6.91. The molecule has 2 fully saturated rings. The minimum atomic E-state index is -3.78. The number of nitrogens with zero attached hydrogens (tertiary/aromatic N) is 3. The van der Waals surface area contributed by atoms with Crippen LogP contribution in [0, 0.1) is 0 Å². The Labute approximate surface area is 203 Å². The van der Waals surface area contributed by atoms with Gasteiger partial charge in [0.15, 0.2) is 0 Å². The van der Waals surface area contributed by atoms with Gasteiger partial charge in [-0.15, -0.1) is 0 Å². The summed E-state index contributed by atoms with van der Waals surface area (Å²) in [5, 5.41) is 0. The number of hydrogen-bond donors (Lipinski definition) is 0. The summed E-state index contributed by atoms with van der Waals surface area (Å²) in [5.41, 5.74) is 2.59. The van der Waals surface area contributed by atoms with Crippen LogP contribution >= 0.6 is 0 Å². The maximum absolute atomic E-state index is 13.5. The summed E-state index contributed by atoms with van der Waals surface area (Å²) in [4.78, 5) is 17.4. The third-order valence-corrected chi connectivity index (χ3v) is 8.97. The standard InChI is InChI=1S/C26H35N3O4S/c1-20-10-6-7-17-29(20)34(31,32)25-18-21(13-14-24(25)33-3)26(30)27(2)19-22-11-4-5-12-23(22)28-15-8-9-16-28/h4-5,11-14,18,20H,6-10,15-17,19H2,1-3H3/t20-/m1/s1. The van der Waals surface area contributed by atoms with Crippen LogP contribution in [0.3, 0.4) is 0 Å². The predicted octanol–water partition coefficient (Wildman–Crippen LogP) is 4.13. The number of anilines is 1. The van der Waals surface area contributed by atoms with Crippen molar-refractivity contribution in [3.63, 3.8) is 0 Å². The number of carbonyl (C=O) groups is 1. The number of benzene rings is 2. The summed E-state index contributed by atoms with van der Waals surface area (Å²) < 4.78 is 34.0. The molecule has 0 bridgehead atoms. The molecule has 0 unspecified atom stereocenters. The van der Waals surface area contributed by atoms with Crippen molar-refractivity contribution >= 4 is 21.6 Å². The molecule has 2 heterocycles. The zero-order chi connectivity index (χ0) is 24.3. The van der Waals surface area contributed by atoms with Crippen molar-refractivity contribution in [2.24, 2.45) is 0 Å². The van der Waals surface area contributed by atoms with E-state index in [1.807, 2.05) is 19.1 Å². The molecule has 1 amide bonds. The summed E-state index contributed by atoms with van der Waals surface area (Å²) in [5.74, 6) is 0.0402. The molecule has 184 valence electrons. The van der Waals surface area contributed by atoms with Crippen molar-refractivity contribution in [2.45, 2.75) is 56.5 Å². The Bertz CT molecular complexity index is 1130. The fourth-order valence-electron chi connectivity index (χ4n) is 5.03. The molecule has 4 rings (SSSR count). The highest BCUT2D eigenvalue weighted by Crippen LogP contribution is 2.32. The Hall–Kier alpha value is -2.58. The van der Waals surface area contributed by atoms with E-state index in [2.05, 4.69) is 17.0 Å². The molecular weight excluding hydrogens is 450 g/mol. The first-order chi connectivity index (χ1) is 16.3. The second kappa shape index (κ2) is 10.4. The van der Waals surface area contributed by atoms with E-state index in [-0.39, 0.29) is 22.6 Å². The molecule has 34 heavy (non-hydrogen) atoms. The normalized spacial score (nSPS) is 19.3. The summed E-state index contributed by atoms with van der Waals surface area (Å²) in [6.45, 7) is 4.93. The Morgan fingerprint density at radius 1 is 1.06 bits per heavy atom. The number of hydrogen-bond acceptors (Lipinski definition) is 5. The highest BCUT2D eigenvalue weighted by Gasteiger charge is 2.34. The van der Waals surface area contributed by atoms with Crippen molar-refractivity contribution in [1.29, 1.82) is 0 Å². The zero-order valence-electron chi connectivity index (χ0n) is 20.4. The number of piperidine rings is 1. The lowest BCUT2D eigenvalue weighted by Crippen LogP contribution is -2.42. The van der Waals surface area contributed by atoms with Crippen LogP contribution in [0.4, 0.5) is 5.69 Å². The summed E-state index contributed by atoms with van der Waals surface area (Å²) in [6, 6.07) is 12.8. The monoisotopic (exact) mass is 485 g/mol. The van der Waals surface area contributed by atoms with Gasteiger partial charge in [0.2, 0.25) is 10.0 Å². The molecule has 0 N–H and O–H groups in total. The first-order valence-corrected chi connectivity index (χ1v) is 13.5. The van der Waals surface area contributed by atoms with Crippen LogP contribution in [0.5, 0.6) is 5.75 Å². The van der Waals surface area contributed by atoms with Crippen LogP contribution in [-0.2, 0) is 16.6 Å². The molecule has 2 saturated heterocycles. The predicted molar refractivity (Wildman–Crippen MR) is 134 cm³/mol. The van der Waals surface area contributed by atoms with Gasteiger partial charge in [0, 0.05) is 50.5 Å². The summed E-state index contributed by atoms with van der Waals surface area (Å²) in [6.07, 6.45) is 5.05. The second-order valence-electron chi connectivity index (χ2n) is 9.31. The average Bonchev–Trinajstić information content (AvgIpc) is 3.38. The second-order valence-corrected chi connectivity index (χ2v) is 11.2. The Balaban J connectivity index is 1.60. The minimum absolute atomic E-state index is 0.0560. The van der Waals surface area contributed by atoms with E-state index >= 15 is 0 Å². The Kier molecular flexibility index (Phi) is 7.48. The molecule has 0 aliphatic carbocycles. The molecule has 8 heteroatoms. The van der Waals surface area contributed by atoms with Crippen LogP contribution in [-0.4, -0.2) is 63.4 Å². The lowest BCUT2D eigenvalue weighted by Gasteiger charge is -2.32. The SMILES string of the molecule is COc1ccc(C(=O)N(C)Cc2ccccc2N2CCCC2)cc1S(=O)(=O)N1CCCC[C@H]1C. The minimum Gasteiger partial charge on any atom is -0.495 e. The third-order valence-electron chi connectivity index (χ3n) is 6.93. The van der Waals surface area contributed by atoms with Gasteiger partial charge in [0.1, 0.15) is 10.6 Å². The molecular formula is C26H35N3O4S. The molecule has 1 atom stereocenters. The number of methoxy groups -OCH3 is 1. The molecule has 0 spiro atoms. The van der Waals surface area contributed by atoms with E-state index in [0.29, 0.717) is 18.7 Å². The van der Waals surface area contributed by atoms with Gasteiger partial charge in [-0.3, -0.25) is 4.79 Å². The van der Waals surface area contributed by atoms with Gasteiger partial charge < -0.3 is 14.5 Å². The van der Waals surface area contributed by atoms with Gasteiger partial charge in [-0.25, -0.2) is 8.42 Å². The molecule has 7 nitrogen and oxygen atoms in total. The maximum atomic E-state index is 13.5. The molecule has 2 aromatic carbocycles. The number of carbonyl (C=O) groups excluding carboxylic acids is 1. The van der Waals surface area contributed by atoms with E-state index in [1.165, 1.54) is 26.0 Å². The Morgan fingerprint density at radius 2 is 1.76 bits per heavy atom. The highest BCUT2D eigenvalue weighted by atomic mass is 32.2. The van der Waals surface area contributed by atoms with E-state index in [1.54, 1.807) is 28.4 Å². The van der Waals surface area contributed by atoms with Gasteiger partial charge in [0.05, 0.1) is 7.11 Å². The Morgan fingerprint density at radius 3 is 2.47 bits per heavy atom. The van der Waals surface area contributed by atoms with Crippen LogP contribution in [0.15, 0.2) is 47.4 Å². The topological polar surface area (TPSA) is 70.2 Å². The number of ether oxygens (including phenoxy) is 1. The number of sulfonamides is 1. The smallest absolute Gasteiger partial charge is 0.253 e. The number of para-hydroxylation sites is 1. The van der Waals surface area contributed by atoms with E-state index in [9.17, 15) is 13.2 Å². The quantitative estimate of drug-likeness (QED) is 0.590. The van der Waals surface area contributed by atoms with Gasteiger partial charge in [-0.05, 0) is 62.4 Å².